The minimum atomic E-state index is 0.244. The van der Waals surface area contributed by atoms with Crippen molar-refractivity contribution in [1.82, 2.24) is 10.2 Å². The molecule has 2 fully saturated rings. The fourth-order valence-electron chi connectivity index (χ4n) is 3.98. The summed E-state index contributed by atoms with van der Waals surface area (Å²) in [7, 11) is 1.88. The SMILES string of the molecule is COC1CCCC(N2CC(C)(C)NCC2CC(C)C)C1. The zero-order chi connectivity index (χ0) is 14.8. The van der Waals surface area contributed by atoms with Crippen LogP contribution < -0.4 is 5.32 Å². The first kappa shape index (κ1) is 16.3. The molecule has 2 aliphatic rings. The Kier molecular flexibility index (Phi) is 5.49. The smallest absolute Gasteiger partial charge is 0.0586 e. The Bertz CT molecular complexity index is 303. The lowest BCUT2D eigenvalue weighted by molar-refractivity contribution is -0.0144. The lowest BCUT2D eigenvalue weighted by Gasteiger charge is -2.50. The third-order valence-electron chi connectivity index (χ3n) is 5.01. The number of nitrogens with zero attached hydrogens (tertiary/aromatic N) is 1. The number of hydrogen-bond acceptors (Lipinski definition) is 3. The van der Waals surface area contributed by atoms with Gasteiger partial charge in [-0.25, -0.2) is 0 Å². The lowest BCUT2D eigenvalue weighted by atomic mass is 9.86. The molecule has 2 rings (SSSR count). The van der Waals surface area contributed by atoms with E-state index in [0.717, 1.165) is 18.5 Å². The maximum atomic E-state index is 5.64. The van der Waals surface area contributed by atoms with Gasteiger partial charge in [0.15, 0.2) is 0 Å². The van der Waals surface area contributed by atoms with Crippen LogP contribution in [0.4, 0.5) is 0 Å². The second kappa shape index (κ2) is 6.76. The third-order valence-corrected chi connectivity index (χ3v) is 5.01. The third kappa shape index (κ3) is 4.19. The van der Waals surface area contributed by atoms with Crippen LogP contribution in [0, 0.1) is 5.92 Å². The molecule has 3 nitrogen and oxygen atoms in total. The molecule has 20 heavy (non-hydrogen) atoms. The highest BCUT2D eigenvalue weighted by molar-refractivity contribution is 4.96. The number of hydrogen-bond donors (Lipinski definition) is 1. The van der Waals surface area contributed by atoms with E-state index in [2.05, 4.69) is 37.9 Å². The van der Waals surface area contributed by atoms with Crippen LogP contribution in [-0.2, 0) is 4.74 Å². The molecule has 1 aliphatic carbocycles. The van der Waals surface area contributed by atoms with Crippen molar-refractivity contribution in [3.63, 3.8) is 0 Å². The topological polar surface area (TPSA) is 24.5 Å². The van der Waals surface area contributed by atoms with Gasteiger partial charge in [-0.2, -0.15) is 0 Å². The number of nitrogens with one attached hydrogen (secondary N) is 1. The van der Waals surface area contributed by atoms with Gasteiger partial charge in [-0.1, -0.05) is 13.8 Å². The Labute approximate surface area is 125 Å². The molecular weight excluding hydrogens is 248 g/mol. The van der Waals surface area contributed by atoms with E-state index < -0.39 is 0 Å². The molecule has 3 unspecified atom stereocenters. The summed E-state index contributed by atoms with van der Waals surface area (Å²) < 4.78 is 5.64. The first-order valence-electron chi connectivity index (χ1n) is 8.45. The van der Waals surface area contributed by atoms with Gasteiger partial charge in [0, 0.05) is 37.8 Å². The predicted octanol–water partition coefficient (Wildman–Crippen LogP) is 3.04. The second-order valence-electron chi connectivity index (χ2n) is 7.90. The first-order chi connectivity index (χ1) is 9.41. The van der Waals surface area contributed by atoms with E-state index in [1.165, 1.54) is 38.6 Å². The summed E-state index contributed by atoms with van der Waals surface area (Å²) in [6, 6.07) is 1.42. The first-order valence-corrected chi connectivity index (χ1v) is 8.45. The van der Waals surface area contributed by atoms with Crippen LogP contribution in [0.3, 0.4) is 0 Å². The molecule has 1 saturated carbocycles. The van der Waals surface area contributed by atoms with Gasteiger partial charge in [0.2, 0.25) is 0 Å². The fourth-order valence-corrected chi connectivity index (χ4v) is 3.98. The maximum absolute atomic E-state index is 5.64. The molecule has 0 aromatic rings. The minimum absolute atomic E-state index is 0.244. The Morgan fingerprint density at radius 2 is 2.05 bits per heavy atom. The molecule has 0 spiro atoms. The summed E-state index contributed by atoms with van der Waals surface area (Å²) in [5.41, 5.74) is 0.244. The molecule has 0 aromatic carbocycles. The normalized spacial score (nSPS) is 35.4. The summed E-state index contributed by atoms with van der Waals surface area (Å²) in [4.78, 5) is 2.81. The summed E-state index contributed by atoms with van der Waals surface area (Å²) in [6.07, 6.45) is 6.92. The van der Waals surface area contributed by atoms with Crippen LogP contribution in [0.1, 0.15) is 59.8 Å². The van der Waals surface area contributed by atoms with E-state index in [-0.39, 0.29) is 5.54 Å². The maximum Gasteiger partial charge on any atom is 0.0586 e. The molecule has 3 atom stereocenters. The molecule has 1 N–H and O–H groups in total. The average molecular weight is 282 g/mol. The van der Waals surface area contributed by atoms with Crippen molar-refractivity contribution in [2.75, 3.05) is 20.2 Å². The Morgan fingerprint density at radius 3 is 2.70 bits per heavy atom. The summed E-state index contributed by atoms with van der Waals surface area (Å²) in [6.45, 7) is 11.7. The van der Waals surface area contributed by atoms with Crippen LogP contribution in [0.5, 0.6) is 0 Å². The van der Waals surface area contributed by atoms with Gasteiger partial charge in [-0.3, -0.25) is 4.90 Å². The number of ether oxygens (including phenoxy) is 1. The van der Waals surface area contributed by atoms with Crippen molar-refractivity contribution in [3.05, 3.63) is 0 Å². The second-order valence-corrected chi connectivity index (χ2v) is 7.90. The van der Waals surface area contributed by atoms with Crippen molar-refractivity contribution in [2.24, 2.45) is 5.92 Å². The average Bonchev–Trinajstić information content (AvgIpc) is 2.40. The van der Waals surface area contributed by atoms with Gasteiger partial charge in [0.25, 0.3) is 0 Å². The molecule has 0 aromatic heterocycles. The fraction of sp³-hybridized carbons (Fsp3) is 1.00. The highest BCUT2D eigenvalue weighted by Crippen LogP contribution is 2.30. The molecule has 3 heteroatoms. The van der Waals surface area contributed by atoms with Crippen molar-refractivity contribution in [2.45, 2.75) is 83.5 Å². The summed E-state index contributed by atoms with van der Waals surface area (Å²) in [5, 5.41) is 3.74. The van der Waals surface area contributed by atoms with Gasteiger partial charge in [-0.15, -0.1) is 0 Å². The summed E-state index contributed by atoms with van der Waals surface area (Å²) in [5.74, 6) is 0.771. The van der Waals surface area contributed by atoms with Crippen molar-refractivity contribution in [1.29, 1.82) is 0 Å². The molecular formula is C17H34N2O. The molecule has 1 aliphatic heterocycles. The van der Waals surface area contributed by atoms with Crippen molar-refractivity contribution < 1.29 is 4.74 Å². The van der Waals surface area contributed by atoms with Gasteiger partial charge in [0.05, 0.1) is 6.10 Å². The lowest BCUT2D eigenvalue weighted by Crippen LogP contribution is -2.64. The van der Waals surface area contributed by atoms with Gasteiger partial charge in [-0.05, 0) is 51.9 Å². The molecule has 1 heterocycles. The van der Waals surface area contributed by atoms with Gasteiger partial charge < -0.3 is 10.1 Å². The van der Waals surface area contributed by atoms with E-state index in [9.17, 15) is 0 Å². The van der Waals surface area contributed by atoms with Gasteiger partial charge >= 0.3 is 0 Å². The van der Waals surface area contributed by atoms with E-state index in [1.54, 1.807) is 0 Å². The van der Waals surface area contributed by atoms with Crippen LogP contribution in [0.25, 0.3) is 0 Å². The molecule has 0 amide bonds. The van der Waals surface area contributed by atoms with Crippen molar-refractivity contribution >= 4 is 0 Å². The molecule has 1 saturated heterocycles. The predicted molar refractivity (Wildman–Crippen MR) is 85.1 cm³/mol. The standard InChI is InChI=1S/C17H34N2O/c1-13(2)9-15-11-18-17(3,4)12-19(15)14-7-6-8-16(10-14)20-5/h13-16,18H,6-12H2,1-5H3. The Balaban J connectivity index is 2.05. The number of methoxy groups -OCH3 is 1. The largest absolute Gasteiger partial charge is 0.381 e. The molecule has 0 bridgehead atoms. The Hall–Kier alpha value is -0.120. The van der Waals surface area contributed by atoms with E-state index in [4.69, 9.17) is 4.74 Å². The van der Waals surface area contributed by atoms with E-state index >= 15 is 0 Å². The van der Waals surface area contributed by atoms with E-state index in [0.29, 0.717) is 12.1 Å². The van der Waals surface area contributed by atoms with E-state index in [1.807, 2.05) is 7.11 Å². The highest BCUT2D eigenvalue weighted by Gasteiger charge is 2.38. The highest BCUT2D eigenvalue weighted by atomic mass is 16.5. The van der Waals surface area contributed by atoms with Crippen molar-refractivity contribution in [3.8, 4) is 0 Å². The minimum Gasteiger partial charge on any atom is -0.381 e. The van der Waals surface area contributed by atoms with Crippen LogP contribution in [0.2, 0.25) is 0 Å². The summed E-state index contributed by atoms with van der Waals surface area (Å²) >= 11 is 0. The molecule has 118 valence electrons. The quantitative estimate of drug-likeness (QED) is 0.858. The number of rotatable bonds is 4. The van der Waals surface area contributed by atoms with Crippen LogP contribution >= 0.6 is 0 Å². The van der Waals surface area contributed by atoms with Gasteiger partial charge in [0.1, 0.15) is 0 Å². The zero-order valence-electron chi connectivity index (χ0n) is 14.1. The van der Waals surface area contributed by atoms with Crippen LogP contribution in [0.15, 0.2) is 0 Å². The van der Waals surface area contributed by atoms with Crippen LogP contribution in [-0.4, -0.2) is 48.8 Å². The molecule has 0 radical (unpaired) electrons. The Morgan fingerprint density at radius 1 is 1.30 bits per heavy atom. The monoisotopic (exact) mass is 282 g/mol. The zero-order valence-corrected chi connectivity index (χ0v) is 14.1. The number of piperazine rings is 1.